The second kappa shape index (κ2) is 6.35. The Morgan fingerprint density at radius 1 is 1.15 bits per heavy atom. The summed E-state index contributed by atoms with van der Waals surface area (Å²) in [5.74, 6) is 2.78. The maximum absolute atomic E-state index is 12.5. The smallest absolute Gasteiger partial charge is 0.258 e. The van der Waals surface area contributed by atoms with Crippen LogP contribution in [0.2, 0.25) is 0 Å². The van der Waals surface area contributed by atoms with Crippen molar-refractivity contribution in [2.75, 3.05) is 6.61 Å². The van der Waals surface area contributed by atoms with E-state index < -0.39 is 5.91 Å². The van der Waals surface area contributed by atoms with Gasteiger partial charge in [-0.2, -0.15) is 0 Å². The first-order chi connectivity index (χ1) is 12.3. The number of rotatable bonds is 3. The fourth-order valence-electron chi connectivity index (χ4n) is 7.10. The lowest BCUT2D eigenvalue weighted by Crippen LogP contribution is -2.53. The van der Waals surface area contributed by atoms with Crippen LogP contribution in [0.5, 0.6) is 0 Å². The zero-order valence-corrected chi connectivity index (χ0v) is 16.1. The Morgan fingerprint density at radius 2 is 1.96 bits per heavy atom. The zero-order chi connectivity index (χ0) is 18.5. The van der Waals surface area contributed by atoms with Crippen LogP contribution in [0.3, 0.4) is 0 Å². The largest absolute Gasteiger partial charge is 0.386 e. The summed E-state index contributed by atoms with van der Waals surface area (Å²) in [6.07, 6.45) is 9.79. The number of nitrogens with two attached hydrogens (primary N) is 1. The molecule has 4 aliphatic carbocycles. The van der Waals surface area contributed by atoms with E-state index in [1.54, 1.807) is 0 Å². The molecule has 6 unspecified atom stereocenters. The van der Waals surface area contributed by atoms with E-state index in [1.165, 1.54) is 19.3 Å². The fraction of sp³-hybridized carbons (Fsp3) is 0.857. The summed E-state index contributed by atoms with van der Waals surface area (Å²) in [6.45, 7) is 4.61. The Bertz CT molecular complexity index is 645. The minimum Gasteiger partial charge on any atom is -0.386 e. The minimum absolute atomic E-state index is 0.0335. The first-order valence-electron chi connectivity index (χ1n) is 10.3. The van der Waals surface area contributed by atoms with E-state index in [1.807, 2.05) is 0 Å². The predicted octanol–water partition coefficient (Wildman–Crippen LogP) is 3.46. The van der Waals surface area contributed by atoms with Gasteiger partial charge in [-0.25, -0.2) is 0 Å². The van der Waals surface area contributed by atoms with Gasteiger partial charge in [0.2, 0.25) is 0 Å². The number of nitrogens with zero attached hydrogens (tertiary/aromatic N) is 1. The number of oxime groups is 1. The number of amides is 1. The molecule has 0 aromatic carbocycles. The van der Waals surface area contributed by atoms with Crippen molar-refractivity contribution in [2.24, 2.45) is 45.4 Å². The summed E-state index contributed by atoms with van der Waals surface area (Å²) in [5.41, 5.74) is 6.53. The van der Waals surface area contributed by atoms with Crippen LogP contribution in [0.4, 0.5) is 0 Å². The van der Waals surface area contributed by atoms with Crippen LogP contribution in [-0.4, -0.2) is 24.0 Å². The molecule has 4 fully saturated rings. The number of ketones is 1. The third-order valence-corrected chi connectivity index (χ3v) is 8.61. The molecule has 26 heavy (non-hydrogen) atoms. The van der Waals surface area contributed by atoms with Crippen LogP contribution < -0.4 is 5.73 Å². The van der Waals surface area contributed by atoms with Crippen molar-refractivity contribution in [3.63, 3.8) is 0 Å². The topological polar surface area (TPSA) is 81.8 Å². The molecule has 0 aromatic rings. The summed E-state index contributed by atoms with van der Waals surface area (Å²) in [7, 11) is 0. The number of hydrogen-bond donors (Lipinski definition) is 1. The van der Waals surface area contributed by atoms with Gasteiger partial charge in [0.25, 0.3) is 5.91 Å². The van der Waals surface area contributed by atoms with Gasteiger partial charge >= 0.3 is 0 Å². The summed E-state index contributed by atoms with van der Waals surface area (Å²) in [5, 5.41) is 4.19. The fourth-order valence-corrected chi connectivity index (χ4v) is 7.10. The quantitative estimate of drug-likeness (QED) is 0.783. The van der Waals surface area contributed by atoms with Crippen molar-refractivity contribution >= 4 is 17.4 Å². The highest BCUT2D eigenvalue weighted by Gasteiger charge is 2.60. The molecule has 0 bridgehead atoms. The van der Waals surface area contributed by atoms with Crippen LogP contribution in [0.1, 0.15) is 71.6 Å². The van der Waals surface area contributed by atoms with E-state index in [2.05, 4.69) is 19.0 Å². The van der Waals surface area contributed by atoms with Gasteiger partial charge in [-0.05, 0) is 80.5 Å². The lowest BCUT2D eigenvalue weighted by atomic mass is 9.45. The Labute approximate surface area is 156 Å². The number of hydrogen-bond acceptors (Lipinski definition) is 4. The number of carbonyl (C=O) groups excluding carboxylic acids is 2. The van der Waals surface area contributed by atoms with Crippen molar-refractivity contribution < 1.29 is 14.4 Å². The second-order valence-corrected chi connectivity index (χ2v) is 9.68. The molecular weight excluding hydrogens is 328 g/mol. The first-order valence-corrected chi connectivity index (χ1v) is 10.3. The van der Waals surface area contributed by atoms with Crippen molar-refractivity contribution in [2.45, 2.75) is 71.6 Å². The summed E-state index contributed by atoms with van der Waals surface area (Å²) < 4.78 is 0. The predicted molar refractivity (Wildman–Crippen MR) is 99.3 cm³/mol. The molecule has 0 radical (unpaired) electrons. The minimum atomic E-state index is -0.480. The zero-order valence-electron chi connectivity index (χ0n) is 16.1. The van der Waals surface area contributed by atoms with Gasteiger partial charge in [-0.1, -0.05) is 19.0 Å². The molecule has 6 atom stereocenters. The third-order valence-electron chi connectivity index (χ3n) is 8.61. The molecule has 5 nitrogen and oxygen atoms in total. The lowest BCUT2D eigenvalue weighted by molar-refractivity contribution is -0.137. The maximum Gasteiger partial charge on any atom is 0.258 e. The van der Waals surface area contributed by atoms with Gasteiger partial charge in [0, 0.05) is 11.8 Å². The van der Waals surface area contributed by atoms with Crippen LogP contribution >= 0.6 is 0 Å². The van der Waals surface area contributed by atoms with Crippen molar-refractivity contribution in [3.05, 3.63) is 0 Å². The molecule has 0 spiro atoms. The maximum atomic E-state index is 12.5. The molecule has 5 heteroatoms. The van der Waals surface area contributed by atoms with Crippen molar-refractivity contribution in [3.8, 4) is 0 Å². The normalized spacial score (nSPS) is 46.4. The summed E-state index contributed by atoms with van der Waals surface area (Å²) in [4.78, 5) is 28.4. The Kier molecular flexibility index (Phi) is 4.39. The van der Waals surface area contributed by atoms with Crippen LogP contribution in [0, 0.1) is 34.5 Å². The molecule has 0 aromatic heterocycles. The first kappa shape index (κ1) is 18.0. The Hall–Kier alpha value is -1.39. The van der Waals surface area contributed by atoms with Gasteiger partial charge in [-0.15, -0.1) is 0 Å². The molecule has 0 heterocycles. The highest BCUT2D eigenvalue weighted by molar-refractivity contribution is 5.87. The number of primary amides is 1. The average molecular weight is 360 g/mol. The molecule has 4 saturated carbocycles. The van der Waals surface area contributed by atoms with E-state index in [4.69, 9.17) is 10.6 Å². The van der Waals surface area contributed by atoms with Gasteiger partial charge < -0.3 is 10.6 Å². The van der Waals surface area contributed by atoms with Crippen LogP contribution in [-0.2, 0) is 14.4 Å². The number of Topliss-reactive ketones (excluding diaryl/α,β-unsaturated/α-hetero) is 1. The molecule has 2 N–H and O–H groups in total. The summed E-state index contributed by atoms with van der Waals surface area (Å²) >= 11 is 0. The Morgan fingerprint density at radius 3 is 2.73 bits per heavy atom. The van der Waals surface area contributed by atoms with E-state index in [9.17, 15) is 9.59 Å². The molecule has 1 amide bonds. The Balaban J connectivity index is 1.49. The molecule has 0 aliphatic heterocycles. The lowest BCUT2D eigenvalue weighted by Gasteiger charge is -2.59. The van der Waals surface area contributed by atoms with Gasteiger partial charge in [0.05, 0.1) is 5.71 Å². The molecule has 0 saturated heterocycles. The van der Waals surface area contributed by atoms with Crippen LogP contribution in [0.25, 0.3) is 0 Å². The van der Waals surface area contributed by atoms with Gasteiger partial charge in [0.15, 0.2) is 6.61 Å². The van der Waals surface area contributed by atoms with Gasteiger partial charge in [-0.3, -0.25) is 9.59 Å². The summed E-state index contributed by atoms with van der Waals surface area (Å²) in [6, 6.07) is 0. The highest BCUT2D eigenvalue weighted by atomic mass is 16.6. The van der Waals surface area contributed by atoms with Crippen molar-refractivity contribution in [1.29, 1.82) is 0 Å². The van der Waals surface area contributed by atoms with Crippen molar-refractivity contribution in [1.82, 2.24) is 0 Å². The number of fused-ring (bicyclic) bond motifs is 5. The standard InChI is InChI=1S/C21H32N2O3/c1-20-9-7-14(23-26-12-19(22)25)11-13(20)3-4-15-16-5-6-18(24)21(16,2)10-8-17(15)20/h13,15-17H,3-12H2,1-2H3,(H2,22,25)/b23-14+. The molecule has 144 valence electrons. The van der Waals surface area contributed by atoms with Gasteiger partial charge in [0.1, 0.15) is 5.78 Å². The number of carbonyl (C=O) groups is 2. The SMILES string of the molecule is CC12CCC3C(CCC4C/C(=N/OCC(N)=O)CCC43C)C1CCC2=O. The van der Waals surface area contributed by atoms with E-state index >= 15 is 0 Å². The average Bonchev–Trinajstić information content (AvgIpc) is 2.90. The molecular formula is C21H32N2O3. The monoisotopic (exact) mass is 360 g/mol. The molecule has 4 rings (SSSR count). The third kappa shape index (κ3) is 2.69. The molecule has 4 aliphatic rings. The second-order valence-electron chi connectivity index (χ2n) is 9.68. The van der Waals surface area contributed by atoms with E-state index in [-0.39, 0.29) is 12.0 Å². The van der Waals surface area contributed by atoms with E-state index in [0.717, 1.165) is 56.1 Å². The highest BCUT2D eigenvalue weighted by Crippen LogP contribution is 2.65. The van der Waals surface area contributed by atoms with Crippen LogP contribution in [0.15, 0.2) is 5.16 Å². The van der Waals surface area contributed by atoms with E-state index in [0.29, 0.717) is 23.0 Å².